The van der Waals surface area contributed by atoms with Crippen molar-refractivity contribution in [1.82, 2.24) is 9.21 Å². The molecule has 2 aromatic rings. The van der Waals surface area contributed by atoms with E-state index in [9.17, 15) is 13.2 Å². The van der Waals surface area contributed by atoms with Gasteiger partial charge < -0.3 is 4.90 Å². The van der Waals surface area contributed by atoms with E-state index in [1.807, 2.05) is 48.5 Å². The maximum absolute atomic E-state index is 12.5. The first kappa shape index (κ1) is 18.6. The molecule has 3 rings (SSSR count). The third kappa shape index (κ3) is 4.71. The lowest BCUT2D eigenvalue weighted by atomic mass is 10.1. The minimum absolute atomic E-state index is 0.0354. The van der Waals surface area contributed by atoms with Crippen molar-refractivity contribution in [3.8, 4) is 0 Å². The van der Waals surface area contributed by atoms with Crippen LogP contribution in [0.3, 0.4) is 0 Å². The first-order chi connectivity index (χ1) is 12.6. The molecule has 0 atom stereocenters. The molecule has 6 heteroatoms. The van der Waals surface area contributed by atoms with Crippen molar-refractivity contribution in [3.63, 3.8) is 0 Å². The molecule has 2 aromatic carbocycles. The molecular weight excluding hydrogens is 348 g/mol. The van der Waals surface area contributed by atoms with Crippen LogP contribution in [0.15, 0.2) is 60.7 Å². The molecule has 1 aliphatic heterocycles. The second-order valence-corrected chi connectivity index (χ2v) is 8.55. The highest BCUT2D eigenvalue weighted by molar-refractivity contribution is 7.89. The number of hydrogen-bond acceptors (Lipinski definition) is 3. The van der Waals surface area contributed by atoms with E-state index in [1.165, 1.54) is 4.31 Å². The van der Waals surface area contributed by atoms with E-state index in [-0.39, 0.29) is 11.7 Å². The summed E-state index contributed by atoms with van der Waals surface area (Å²) in [6, 6.07) is 19.0. The number of amides is 1. The standard InChI is InChI=1S/C20H24N2O3S/c23-20(19-11-5-2-6-12-19)21-13-15-22(16-14-21)26(24,25)17-7-10-18-8-3-1-4-9-18/h1-6,8-9,11-12H,7,10,13-17H2. The summed E-state index contributed by atoms with van der Waals surface area (Å²) in [5.41, 5.74) is 1.80. The fraction of sp³-hybridized carbons (Fsp3) is 0.350. The van der Waals surface area contributed by atoms with Gasteiger partial charge in [0.15, 0.2) is 0 Å². The summed E-state index contributed by atoms with van der Waals surface area (Å²) in [6.45, 7) is 1.61. The molecule has 0 aromatic heterocycles. The summed E-state index contributed by atoms with van der Waals surface area (Å²) in [5.74, 6) is 0.112. The van der Waals surface area contributed by atoms with Crippen LogP contribution in [0.2, 0.25) is 0 Å². The zero-order chi connectivity index (χ0) is 18.4. The molecule has 26 heavy (non-hydrogen) atoms. The summed E-state index contributed by atoms with van der Waals surface area (Å²) < 4.78 is 26.6. The summed E-state index contributed by atoms with van der Waals surface area (Å²) in [4.78, 5) is 14.2. The number of nitrogens with zero attached hydrogens (tertiary/aromatic N) is 2. The largest absolute Gasteiger partial charge is 0.336 e. The van der Waals surface area contributed by atoms with Gasteiger partial charge in [0, 0.05) is 31.7 Å². The molecule has 1 amide bonds. The Morgan fingerprint density at radius 3 is 2.04 bits per heavy atom. The Hall–Kier alpha value is -2.18. The third-order valence-corrected chi connectivity index (χ3v) is 6.61. The Kier molecular flexibility index (Phi) is 6.06. The molecule has 0 N–H and O–H groups in total. The number of benzene rings is 2. The number of carbonyl (C=O) groups excluding carboxylic acids is 1. The van der Waals surface area contributed by atoms with Crippen molar-refractivity contribution in [2.24, 2.45) is 0 Å². The molecule has 0 spiro atoms. The average molecular weight is 372 g/mol. The van der Waals surface area contributed by atoms with Crippen LogP contribution in [0.1, 0.15) is 22.3 Å². The zero-order valence-corrected chi connectivity index (χ0v) is 15.6. The molecule has 138 valence electrons. The maximum Gasteiger partial charge on any atom is 0.253 e. The molecule has 0 aliphatic carbocycles. The Labute approximate surface area is 155 Å². The van der Waals surface area contributed by atoms with Gasteiger partial charge in [0.05, 0.1) is 5.75 Å². The van der Waals surface area contributed by atoms with Crippen molar-refractivity contribution in [2.45, 2.75) is 12.8 Å². The average Bonchev–Trinajstić information content (AvgIpc) is 2.69. The molecule has 1 heterocycles. The highest BCUT2D eigenvalue weighted by Crippen LogP contribution is 2.13. The molecule has 0 saturated carbocycles. The SMILES string of the molecule is O=C(c1ccccc1)N1CCN(S(=O)(=O)CCCc2ccccc2)CC1. The molecular formula is C20H24N2O3S. The van der Waals surface area contributed by atoms with Gasteiger partial charge in [-0.25, -0.2) is 8.42 Å². The first-order valence-electron chi connectivity index (χ1n) is 8.92. The molecule has 1 fully saturated rings. The van der Waals surface area contributed by atoms with E-state index < -0.39 is 10.0 Å². The fourth-order valence-electron chi connectivity index (χ4n) is 3.17. The first-order valence-corrected chi connectivity index (χ1v) is 10.5. The van der Waals surface area contributed by atoms with Crippen LogP contribution in [0, 0.1) is 0 Å². The predicted octanol–water partition coefficient (Wildman–Crippen LogP) is 2.41. The summed E-state index contributed by atoms with van der Waals surface area (Å²) in [7, 11) is -3.27. The van der Waals surface area contributed by atoms with Gasteiger partial charge in [-0.05, 0) is 30.5 Å². The van der Waals surface area contributed by atoms with E-state index in [1.54, 1.807) is 17.0 Å². The van der Waals surface area contributed by atoms with E-state index in [0.29, 0.717) is 38.2 Å². The smallest absolute Gasteiger partial charge is 0.253 e. The summed E-state index contributed by atoms with van der Waals surface area (Å²) in [5, 5.41) is 0. The van der Waals surface area contributed by atoms with Gasteiger partial charge in [0.2, 0.25) is 10.0 Å². The minimum Gasteiger partial charge on any atom is -0.336 e. The van der Waals surface area contributed by atoms with Crippen LogP contribution in [-0.4, -0.2) is 55.5 Å². The Bertz CT molecular complexity index is 815. The Balaban J connectivity index is 1.49. The third-order valence-electron chi connectivity index (χ3n) is 4.65. The summed E-state index contributed by atoms with van der Waals surface area (Å²) in [6.07, 6.45) is 1.36. The minimum atomic E-state index is -3.27. The van der Waals surface area contributed by atoms with Gasteiger partial charge >= 0.3 is 0 Å². The van der Waals surface area contributed by atoms with E-state index in [4.69, 9.17) is 0 Å². The van der Waals surface area contributed by atoms with Gasteiger partial charge in [-0.15, -0.1) is 0 Å². The quantitative estimate of drug-likeness (QED) is 0.782. The Morgan fingerprint density at radius 2 is 1.42 bits per heavy atom. The van der Waals surface area contributed by atoms with Crippen LogP contribution in [0.5, 0.6) is 0 Å². The van der Waals surface area contributed by atoms with Crippen molar-refractivity contribution in [2.75, 3.05) is 31.9 Å². The second kappa shape index (κ2) is 8.47. The number of piperazine rings is 1. The van der Waals surface area contributed by atoms with Crippen LogP contribution in [0.4, 0.5) is 0 Å². The monoisotopic (exact) mass is 372 g/mol. The molecule has 0 radical (unpaired) electrons. The highest BCUT2D eigenvalue weighted by Gasteiger charge is 2.28. The van der Waals surface area contributed by atoms with E-state index in [2.05, 4.69) is 0 Å². The number of sulfonamides is 1. The molecule has 1 saturated heterocycles. The van der Waals surface area contributed by atoms with E-state index in [0.717, 1.165) is 12.0 Å². The predicted molar refractivity (Wildman–Crippen MR) is 102 cm³/mol. The van der Waals surface area contributed by atoms with Crippen molar-refractivity contribution in [3.05, 3.63) is 71.8 Å². The van der Waals surface area contributed by atoms with Gasteiger partial charge in [0.25, 0.3) is 5.91 Å². The molecule has 5 nitrogen and oxygen atoms in total. The van der Waals surface area contributed by atoms with Gasteiger partial charge in [-0.3, -0.25) is 4.79 Å². The van der Waals surface area contributed by atoms with E-state index >= 15 is 0 Å². The normalized spacial score (nSPS) is 15.8. The van der Waals surface area contributed by atoms with Gasteiger partial charge in [-0.2, -0.15) is 4.31 Å². The molecule has 0 unspecified atom stereocenters. The lowest BCUT2D eigenvalue weighted by molar-refractivity contribution is 0.0698. The lowest BCUT2D eigenvalue weighted by Gasteiger charge is -2.34. The number of hydrogen-bond donors (Lipinski definition) is 0. The van der Waals surface area contributed by atoms with Crippen LogP contribution < -0.4 is 0 Å². The number of aryl methyl sites for hydroxylation is 1. The van der Waals surface area contributed by atoms with Crippen LogP contribution in [0.25, 0.3) is 0 Å². The molecule has 0 bridgehead atoms. The molecule has 1 aliphatic rings. The zero-order valence-electron chi connectivity index (χ0n) is 14.8. The van der Waals surface area contributed by atoms with Crippen molar-refractivity contribution < 1.29 is 13.2 Å². The maximum atomic E-state index is 12.5. The fourth-order valence-corrected chi connectivity index (χ4v) is 4.65. The second-order valence-electron chi connectivity index (χ2n) is 6.46. The lowest BCUT2D eigenvalue weighted by Crippen LogP contribution is -2.51. The number of carbonyl (C=O) groups is 1. The summed E-state index contributed by atoms with van der Waals surface area (Å²) >= 11 is 0. The van der Waals surface area contributed by atoms with Crippen LogP contribution >= 0.6 is 0 Å². The number of rotatable bonds is 6. The highest BCUT2D eigenvalue weighted by atomic mass is 32.2. The van der Waals surface area contributed by atoms with Crippen LogP contribution in [-0.2, 0) is 16.4 Å². The van der Waals surface area contributed by atoms with Gasteiger partial charge in [0.1, 0.15) is 0 Å². The van der Waals surface area contributed by atoms with Gasteiger partial charge in [-0.1, -0.05) is 48.5 Å². The topological polar surface area (TPSA) is 57.7 Å². The van der Waals surface area contributed by atoms with Crippen molar-refractivity contribution in [1.29, 1.82) is 0 Å². The van der Waals surface area contributed by atoms with Crippen molar-refractivity contribution >= 4 is 15.9 Å². The Morgan fingerprint density at radius 1 is 0.846 bits per heavy atom.